The average Bonchev–Trinajstić information content (AvgIpc) is 1.95. The third kappa shape index (κ3) is 1.26. The Labute approximate surface area is 60.9 Å². The number of aryl methyl sites for hydroxylation is 2. The summed E-state index contributed by atoms with van der Waals surface area (Å²) in [5.41, 5.74) is 2.14. The largest absolute Gasteiger partial charge is 0.494 e. The van der Waals surface area contributed by atoms with Gasteiger partial charge in [-0.15, -0.1) is 0 Å². The van der Waals surface area contributed by atoms with Crippen LogP contribution in [0.3, 0.4) is 0 Å². The van der Waals surface area contributed by atoms with Gasteiger partial charge in [-0.2, -0.15) is 0 Å². The van der Waals surface area contributed by atoms with Gasteiger partial charge in [-0.3, -0.25) is 0 Å². The minimum atomic E-state index is 0.697. The van der Waals surface area contributed by atoms with E-state index in [0.717, 1.165) is 11.3 Å². The van der Waals surface area contributed by atoms with Crippen molar-refractivity contribution >= 4 is 0 Å². The van der Waals surface area contributed by atoms with E-state index in [1.54, 1.807) is 7.11 Å². The Kier molecular flexibility index (Phi) is 1.90. The molecule has 2 heteroatoms. The molecule has 2 nitrogen and oxygen atoms in total. The van der Waals surface area contributed by atoms with Gasteiger partial charge in [0.1, 0.15) is 11.9 Å². The van der Waals surface area contributed by atoms with E-state index in [1.807, 2.05) is 19.9 Å². The van der Waals surface area contributed by atoms with Gasteiger partial charge in [0.15, 0.2) is 0 Å². The Balaban J connectivity index is 3.04. The molecule has 0 aromatic carbocycles. The van der Waals surface area contributed by atoms with Gasteiger partial charge in [0.2, 0.25) is 0 Å². The first-order chi connectivity index (χ1) is 4.74. The first-order valence-corrected chi connectivity index (χ1v) is 3.14. The number of methoxy groups -OCH3 is 1. The molecule has 1 aromatic rings. The van der Waals surface area contributed by atoms with Crippen LogP contribution in [0.15, 0.2) is 6.07 Å². The lowest BCUT2D eigenvalue weighted by molar-refractivity contribution is 0.411. The molecule has 53 valence electrons. The highest BCUT2D eigenvalue weighted by Gasteiger charge is 1.95. The molecule has 1 rings (SSSR count). The maximum atomic E-state index is 4.93. The second-order valence-electron chi connectivity index (χ2n) is 2.20. The van der Waals surface area contributed by atoms with E-state index in [4.69, 9.17) is 4.74 Å². The van der Waals surface area contributed by atoms with Crippen LogP contribution in [0.2, 0.25) is 0 Å². The van der Waals surface area contributed by atoms with E-state index >= 15 is 0 Å². The summed E-state index contributed by atoms with van der Waals surface area (Å²) < 4.78 is 4.93. The summed E-state index contributed by atoms with van der Waals surface area (Å²) in [6.07, 6.45) is 2.75. The van der Waals surface area contributed by atoms with Crippen molar-refractivity contribution in [3.05, 3.63) is 23.5 Å². The van der Waals surface area contributed by atoms with Crippen molar-refractivity contribution in [1.82, 2.24) is 4.98 Å². The number of nitrogens with zero attached hydrogens (tertiary/aromatic N) is 1. The van der Waals surface area contributed by atoms with Crippen LogP contribution in [0.1, 0.15) is 11.3 Å². The smallest absolute Gasteiger partial charge is 0.147 e. The van der Waals surface area contributed by atoms with Gasteiger partial charge < -0.3 is 4.74 Å². The standard InChI is InChI=1S/C8H10NO/c1-6-4-8(10-3)5-9-7(6)2/h4H,1-3H3. The molecule has 0 aliphatic carbocycles. The van der Waals surface area contributed by atoms with Gasteiger partial charge in [-0.25, -0.2) is 4.98 Å². The van der Waals surface area contributed by atoms with E-state index < -0.39 is 0 Å². The van der Waals surface area contributed by atoms with Crippen LogP contribution in [-0.2, 0) is 0 Å². The monoisotopic (exact) mass is 136 g/mol. The molecular formula is C8H10NO. The minimum Gasteiger partial charge on any atom is -0.494 e. The number of ether oxygens (including phenoxy) is 1. The maximum absolute atomic E-state index is 4.93. The van der Waals surface area contributed by atoms with Crippen molar-refractivity contribution in [2.24, 2.45) is 0 Å². The lowest BCUT2D eigenvalue weighted by Crippen LogP contribution is -1.89. The van der Waals surface area contributed by atoms with Crippen LogP contribution < -0.4 is 4.74 Å². The van der Waals surface area contributed by atoms with Crippen molar-refractivity contribution in [3.8, 4) is 5.75 Å². The molecule has 0 bridgehead atoms. The Morgan fingerprint density at radius 3 is 2.70 bits per heavy atom. The van der Waals surface area contributed by atoms with E-state index in [-0.39, 0.29) is 0 Å². The van der Waals surface area contributed by atoms with Crippen LogP contribution in [0.5, 0.6) is 5.75 Å². The van der Waals surface area contributed by atoms with Gasteiger partial charge in [0, 0.05) is 5.69 Å². The van der Waals surface area contributed by atoms with Crippen LogP contribution >= 0.6 is 0 Å². The summed E-state index contributed by atoms with van der Waals surface area (Å²) in [6, 6.07) is 1.92. The second-order valence-corrected chi connectivity index (χ2v) is 2.20. The highest BCUT2D eigenvalue weighted by Crippen LogP contribution is 2.11. The number of pyridine rings is 1. The molecule has 0 aliphatic rings. The lowest BCUT2D eigenvalue weighted by Gasteiger charge is -2.00. The predicted molar refractivity (Wildman–Crippen MR) is 39.1 cm³/mol. The normalized spacial score (nSPS) is 9.50. The molecule has 0 fully saturated rings. The maximum Gasteiger partial charge on any atom is 0.147 e. The van der Waals surface area contributed by atoms with Crippen LogP contribution in [0.4, 0.5) is 0 Å². The van der Waals surface area contributed by atoms with Crippen LogP contribution in [0.25, 0.3) is 0 Å². The average molecular weight is 136 g/mol. The number of rotatable bonds is 1. The Morgan fingerprint density at radius 2 is 2.20 bits per heavy atom. The van der Waals surface area contributed by atoms with Crippen molar-refractivity contribution in [2.45, 2.75) is 13.8 Å². The Morgan fingerprint density at radius 1 is 1.50 bits per heavy atom. The lowest BCUT2D eigenvalue weighted by atomic mass is 10.2. The number of hydrogen-bond donors (Lipinski definition) is 0. The zero-order chi connectivity index (χ0) is 7.56. The first-order valence-electron chi connectivity index (χ1n) is 3.14. The van der Waals surface area contributed by atoms with E-state index in [1.165, 1.54) is 0 Å². The Bertz CT molecular complexity index is 233. The third-order valence-corrected chi connectivity index (χ3v) is 1.47. The van der Waals surface area contributed by atoms with Crippen LogP contribution in [-0.4, -0.2) is 12.1 Å². The second kappa shape index (κ2) is 2.69. The molecule has 0 saturated heterocycles. The van der Waals surface area contributed by atoms with Gasteiger partial charge in [0.25, 0.3) is 0 Å². The molecule has 0 N–H and O–H groups in total. The summed E-state index contributed by atoms with van der Waals surface area (Å²) in [6.45, 7) is 3.95. The van der Waals surface area contributed by atoms with Gasteiger partial charge in [0.05, 0.1) is 7.11 Å². The molecule has 1 radical (unpaired) electrons. The van der Waals surface area contributed by atoms with Gasteiger partial charge in [-0.05, 0) is 25.5 Å². The highest BCUT2D eigenvalue weighted by molar-refractivity contribution is 5.26. The topological polar surface area (TPSA) is 22.1 Å². The molecule has 0 atom stereocenters. The van der Waals surface area contributed by atoms with E-state index in [0.29, 0.717) is 5.75 Å². The Hall–Kier alpha value is -1.05. The molecule has 0 unspecified atom stereocenters. The molecule has 0 saturated carbocycles. The SMILES string of the molecule is COc1[c]nc(C)c(C)c1. The minimum absolute atomic E-state index is 0.697. The zero-order valence-electron chi connectivity index (χ0n) is 6.43. The summed E-state index contributed by atoms with van der Waals surface area (Å²) in [5, 5.41) is 0. The van der Waals surface area contributed by atoms with Crippen molar-refractivity contribution in [1.29, 1.82) is 0 Å². The molecule has 1 aromatic heterocycles. The highest BCUT2D eigenvalue weighted by atomic mass is 16.5. The summed E-state index contributed by atoms with van der Waals surface area (Å²) in [7, 11) is 1.61. The fourth-order valence-corrected chi connectivity index (χ4v) is 0.665. The zero-order valence-corrected chi connectivity index (χ0v) is 6.43. The van der Waals surface area contributed by atoms with Crippen molar-refractivity contribution in [2.75, 3.05) is 7.11 Å². The first kappa shape index (κ1) is 7.06. The fourth-order valence-electron chi connectivity index (χ4n) is 0.665. The van der Waals surface area contributed by atoms with E-state index in [2.05, 4.69) is 11.2 Å². The molecule has 1 heterocycles. The quantitative estimate of drug-likeness (QED) is 0.583. The van der Waals surface area contributed by atoms with Gasteiger partial charge >= 0.3 is 0 Å². The summed E-state index contributed by atoms with van der Waals surface area (Å²) in [4.78, 5) is 4.00. The molecule has 10 heavy (non-hydrogen) atoms. The van der Waals surface area contributed by atoms with Crippen molar-refractivity contribution in [3.63, 3.8) is 0 Å². The number of aromatic nitrogens is 1. The van der Waals surface area contributed by atoms with Crippen LogP contribution in [0, 0.1) is 20.0 Å². The molecule has 0 amide bonds. The fraction of sp³-hybridized carbons (Fsp3) is 0.375. The van der Waals surface area contributed by atoms with E-state index in [9.17, 15) is 0 Å². The molecule has 0 spiro atoms. The summed E-state index contributed by atoms with van der Waals surface area (Å²) in [5.74, 6) is 0.697. The third-order valence-electron chi connectivity index (χ3n) is 1.47. The summed E-state index contributed by atoms with van der Waals surface area (Å²) >= 11 is 0. The number of hydrogen-bond acceptors (Lipinski definition) is 2. The van der Waals surface area contributed by atoms with Crippen molar-refractivity contribution < 1.29 is 4.74 Å². The molecular weight excluding hydrogens is 126 g/mol. The predicted octanol–water partition coefficient (Wildman–Crippen LogP) is 1.51. The van der Waals surface area contributed by atoms with Gasteiger partial charge in [-0.1, -0.05) is 0 Å². The molecule has 0 aliphatic heterocycles.